The minimum absolute atomic E-state index is 0.0192. The quantitative estimate of drug-likeness (QED) is 0.532. The van der Waals surface area contributed by atoms with E-state index in [4.69, 9.17) is 5.84 Å². The van der Waals surface area contributed by atoms with E-state index in [0.717, 1.165) is 6.20 Å². The van der Waals surface area contributed by atoms with Crippen molar-refractivity contribution in [2.45, 2.75) is 19.5 Å². The van der Waals surface area contributed by atoms with E-state index >= 15 is 0 Å². The van der Waals surface area contributed by atoms with Crippen LogP contribution in [-0.2, 0) is 6.54 Å². The van der Waals surface area contributed by atoms with E-state index in [0.29, 0.717) is 6.54 Å². The molecule has 0 aliphatic carbocycles. The Bertz CT molecular complexity index is 499. The molecule has 2 aromatic heterocycles. The summed E-state index contributed by atoms with van der Waals surface area (Å²) < 4.78 is 15.4. The van der Waals surface area contributed by atoms with E-state index < -0.39 is 5.82 Å². The monoisotopic (exact) mass is 251 g/mol. The molecule has 0 fully saturated rings. The number of nitrogen functional groups attached to an aromatic ring is 1. The molecular weight excluding hydrogens is 237 g/mol. The third kappa shape index (κ3) is 2.92. The summed E-state index contributed by atoms with van der Waals surface area (Å²) in [7, 11) is 0. The lowest BCUT2D eigenvalue weighted by molar-refractivity contribution is 0.590. The fourth-order valence-corrected chi connectivity index (χ4v) is 1.53. The van der Waals surface area contributed by atoms with Crippen LogP contribution >= 0.6 is 0 Å². The second kappa shape index (κ2) is 5.41. The number of nitrogens with zero attached hydrogens (tertiary/aromatic N) is 4. The zero-order valence-corrected chi connectivity index (χ0v) is 9.84. The van der Waals surface area contributed by atoms with Crippen molar-refractivity contribution in [3.63, 3.8) is 0 Å². The van der Waals surface area contributed by atoms with Crippen molar-refractivity contribution < 1.29 is 4.39 Å². The van der Waals surface area contributed by atoms with Crippen molar-refractivity contribution >= 4 is 11.8 Å². The largest absolute Gasteiger partial charge is 0.363 e. The van der Waals surface area contributed by atoms with Gasteiger partial charge in [0.2, 0.25) is 5.95 Å². The highest BCUT2D eigenvalue weighted by atomic mass is 19.1. The topological polar surface area (TPSA) is 93.7 Å². The van der Waals surface area contributed by atoms with Crippen LogP contribution in [0.3, 0.4) is 0 Å². The molecule has 4 N–H and O–H groups in total. The predicted octanol–water partition coefficient (Wildman–Crippen LogP) is 0.598. The molecule has 1 unspecified atom stereocenters. The van der Waals surface area contributed by atoms with Crippen LogP contribution in [0.15, 0.2) is 24.9 Å². The van der Waals surface area contributed by atoms with Crippen molar-refractivity contribution in [3.8, 4) is 0 Å². The molecule has 0 radical (unpaired) electrons. The molecule has 1 atom stereocenters. The van der Waals surface area contributed by atoms with Gasteiger partial charge in [-0.15, -0.1) is 0 Å². The van der Waals surface area contributed by atoms with Gasteiger partial charge in [-0.1, -0.05) is 0 Å². The molecule has 0 amide bonds. The summed E-state index contributed by atoms with van der Waals surface area (Å²) in [6.45, 7) is 2.56. The number of anilines is 2. The normalized spacial score (nSPS) is 12.2. The van der Waals surface area contributed by atoms with E-state index in [1.807, 2.05) is 17.7 Å². The van der Waals surface area contributed by atoms with Gasteiger partial charge in [0.15, 0.2) is 11.6 Å². The lowest BCUT2D eigenvalue weighted by Crippen LogP contribution is -2.23. The molecule has 96 valence electrons. The molecule has 0 aliphatic rings. The number of halogens is 1. The second-order valence-electron chi connectivity index (χ2n) is 3.84. The summed E-state index contributed by atoms with van der Waals surface area (Å²) in [5.41, 5.74) is 2.27. The van der Waals surface area contributed by atoms with E-state index in [-0.39, 0.29) is 17.8 Å². The number of hydrogen-bond acceptors (Lipinski definition) is 6. The molecule has 18 heavy (non-hydrogen) atoms. The third-order valence-electron chi connectivity index (χ3n) is 2.30. The molecule has 0 saturated heterocycles. The molecule has 0 bridgehead atoms. The molecule has 0 spiro atoms. The summed E-state index contributed by atoms with van der Waals surface area (Å²) in [6.07, 6.45) is 6.28. The van der Waals surface area contributed by atoms with Crippen LogP contribution in [0.25, 0.3) is 0 Å². The van der Waals surface area contributed by atoms with E-state index in [2.05, 4.69) is 25.7 Å². The smallest absolute Gasteiger partial charge is 0.239 e. The first-order valence-electron chi connectivity index (χ1n) is 5.40. The number of hydrazine groups is 1. The van der Waals surface area contributed by atoms with E-state index in [9.17, 15) is 4.39 Å². The molecule has 0 aromatic carbocycles. The first-order chi connectivity index (χ1) is 8.69. The maximum absolute atomic E-state index is 13.5. The van der Waals surface area contributed by atoms with E-state index in [1.165, 1.54) is 0 Å². The standard InChI is InChI=1S/C10H14FN7/c1-7(5-18-3-2-13-6-18)15-9-8(11)4-14-10(16-9)17-12/h2-4,6-7H,5,12H2,1H3,(H2,14,15,16,17). The number of hydrogen-bond donors (Lipinski definition) is 3. The molecule has 2 heterocycles. The lowest BCUT2D eigenvalue weighted by Gasteiger charge is -2.15. The van der Waals surface area contributed by atoms with Crippen LogP contribution in [0.1, 0.15) is 6.92 Å². The summed E-state index contributed by atoms with van der Waals surface area (Å²) in [5, 5.41) is 2.95. The maximum Gasteiger partial charge on any atom is 0.239 e. The zero-order valence-electron chi connectivity index (χ0n) is 9.84. The number of rotatable bonds is 5. The Morgan fingerprint density at radius 2 is 2.39 bits per heavy atom. The fraction of sp³-hybridized carbons (Fsp3) is 0.300. The Hall–Kier alpha value is -2.22. The number of nitrogens with two attached hydrogens (primary N) is 1. The highest BCUT2D eigenvalue weighted by molar-refractivity contribution is 5.41. The van der Waals surface area contributed by atoms with Crippen molar-refractivity contribution in [1.29, 1.82) is 0 Å². The van der Waals surface area contributed by atoms with Gasteiger partial charge in [0.1, 0.15) is 0 Å². The van der Waals surface area contributed by atoms with Crippen LogP contribution in [-0.4, -0.2) is 25.6 Å². The van der Waals surface area contributed by atoms with Crippen molar-refractivity contribution in [2.24, 2.45) is 5.84 Å². The first-order valence-corrected chi connectivity index (χ1v) is 5.40. The van der Waals surface area contributed by atoms with Gasteiger partial charge in [0.25, 0.3) is 0 Å². The minimum atomic E-state index is -0.522. The van der Waals surface area contributed by atoms with Gasteiger partial charge in [-0.3, -0.25) is 5.43 Å². The highest BCUT2D eigenvalue weighted by Gasteiger charge is 2.10. The highest BCUT2D eigenvalue weighted by Crippen LogP contribution is 2.12. The lowest BCUT2D eigenvalue weighted by atomic mass is 10.3. The summed E-state index contributed by atoms with van der Waals surface area (Å²) in [6, 6.07) is -0.0192. The molecule has 0 saturated carbocycles. The SMILES string of the molecule is CC(Cn1ccnc1)Nc1nc(NN)ncc1F. The maximum atomic E-state index is 13.5. The molecule has 0 aliphatic heterocycles. The van der Waals surface area contributed by atoms with Gasteiger partial charge in [0, 0.05) is 25.0 Å². The van der Waals surface area contributed by atoms with E-state index in [1.54, 1.807) is 12.5 Å². The summed E-state index contributed by atoms with van der Waals surface area (Å²) >= 11 is 0. The van der Waals surface area contributed by atoms with Gasteiger partial charge in [-0.25, -0.2) is 20.2 Å². The third-order valence-corrected chi connectivity index (χ3v) is 2.30. The zero-order chi connectivity index (χ0) is 13.0. The van der Waals surface area contributed by atoms with Gasteiger partial charge in [-0.05, 0) is 6.92 Å². The van der Waals surface area contributed by atoms with Crippen molar-refractivity contribution in [2.75, 3.05) is 10.7 Å². The van der Waals surface area contributed by atoms with Gasteiger partial charge in [-0.2, -0.15) is 4.98 Å². The van der Waals surface area contributed by atoms with Crippen LogP contribution in [0, 0.1) is 5.82 Å². The summed E-state index contributed by atoms with van der Waals surface area (Å²) in [4.78, 5) is 11.5. The Morgan fingerprint density at radius 3 is 3.06 bits per heavy atom. The Morgan fingerprint density at radius 1 is 1.56 bits per heavy atom. The number of aromatic nitrogens is 4. The molecule has 8 heteroatoms. The van der Waals surface area contributed by atoms with Crippen molar-refractivity contribution in [3.05, 3.63) is 30.7 Å². The van der Waals surface area contributed by atoms with Gasteiger partial charge in [0.05, 0.1) is 12.5 Å². The van der Waals surface area contributed by atoms with Crippen LogP contribution in [0.4, 0.5) is 16.2 Å². The second-order valence-corrected chi connectivity index (χ2v) is 3.84. The Balaban J connectivity index is 2.04. The van der Waals surface area contributed by atoms with Crippen molar-refractivity contribution in [1.82, 2.24) is 19.5 Å². The minimum Gasteiger partial charge on any atom is -0.363 e. The summed E-state index contributed by atoms with van der Waals surface area (Å²) in [5.74, 6) is 4.93. The van der Waals surface area contributed by atoms with Gasteiger partial charge < -0.3 is 9.88 Å². The van der Waals surface area contributed by atoms with Crippen LogP contribution in [0.2, 0.25) is 0 Å². The Kier molecular flexibility index (Phi) is 3.68. The number of nitrogens with one attached hydrogen (secondary N) is 2. The van der Waals surface area contributed by atoms with Crippen LogP contribution in [0.5, 0.6) is 0 Å². The van der Waals surface area contributed by atoms with Gasteiger partial charge >= 0.3 is 0 Å². The average Bonchev–Trinajstić information content (AvgIpc) is 2.84. The molecule has 7 nitrogen and oxygen atoms in total. The fourth-order valence-electron chi connectivity index (χ4n) is 1.53. The molecule has 2 aromatic rings. The predicted molar refractivity (Wildman–Crippen MR) is 65.1 cm³/mol. The average molecular weight is 251 g/mol. The number of imidazole rings is 1. The Labute approximate surface area is 103 Å². The first kappa shape index (κ1) is 12.2. The molecular formula is C10H14FN7. The molecule has 2 rings (SSSR count). The van der Waals surface area contributed by atoms with Crippen LogP contribution < -0.4 is 16.6 Å².